The minimum Gasteiger partial charge on any atom is -0.379 e. The first-order valence-electron chi connectivity index (χ1n) is 20.5. The molecule has 0 aliphatic rings. The van der Waals surface area contributed by atoms with Crippen LogP contribution in [0.2, 0.25) is 0 Å². The lowest BCUT2D eigenvalue weighted by atomic mass is 9.91. The molecule has 0 aliphatic heterocycles. The van der Waals surface area contributed by atoms with Crippen LogP contribution in [0.25, 0.3) is 10.4 Å². The van der Waals surface area contributed by atoms with E-state index in [1.165, 1.54) is 57.8 Å². The second-order valence-electron chi connectivity index (χ2n) is 14.6. The molecule has 0 atom stereocenters. The molecule has 14 heteroatoms. The van der Waals surface area contributed by atoms with Gasteiger partial charge in [-0.15, -0.1) is 0 Å². The van der Waals surface area contributed by atoms with Crippen molar-refractivity contribution in [3.05, 3.63) is 10.4 Å². The molecule has 0 unspecified atom stereocenters. The maximum atomic E-state index is 12.1. The first kappa shape index (κ1) is 51.5. The molecule has 0 bridgehead atoms. The van der Waals surface area contributed by atoms with E-state index in [0.717, 1.165) is 25.7 Å². The van der Waals surface area contributed by atoms with Crippen molar-refractivity contribution in [3.8, 4) is 0 Å². The van der Waals surface area contributed by atoms with Crippen molar-refractivity contribution < 1.29 is 47.6 Å². The van der Waals surface area contributed by atoms with Crippen molar-refractivity contribution in [2.45, 2.75) is 136 Å². The number of hydrogen-bond donors (Lipinski definition) is 1. The fourth-order valence-electron chi connectivity index (χ4n) is 5.14. The molecule has 1 N–H and O–H groups in total. The third-order valence-electron chi connectivity index (χ3n) is 8.52. The number of carbonyl (C=O) groups is 4. The molecule has 54 heavy (non-hydrogen) atoms. The lowest BCUT2D eigenvalue weighted by molar-refractivity contribution is -0.131. The van der Waals surface area contributed by atoms with E-state index in [-0.39, 0.29) is 43.9 Å². The van der Waals surface area contributed by atoms with E-state index >= 15 is 0 Å². The SMILES string of the molecule is CC(C)(C)C(=O)COCCOCCCC(=O)COCCOCCNC(=O)COCCOCCCC(=O)CCCCCCCCCCCCCCCN=[N+]=[N-]. The van der Waals surface area contributed by atoms with Crippen molar-refractivity contribution in [1.82, 2.24) is 5.32 Å². The molecule has 14 nitrogen and oxygen atoms in total. The number of ketones is 3. The summed E-state index contributed by atoms with van der Waals surface area (Å²) in [5.41, 5.74) is 7.84. The van der Waals surface area contributed by atoms with Gasteiger partial charge in [0.1, 0.15) is 25.6 Å². The van der Waals surface area contributed by atoms with Gasteiger partial charge in [-0.3, -0.25) is 19.2 Å². The number of ether oxygens (including phenoxy) is 6. The molecule has 0 aromatic carbocycles. The third-order valence-corrected chi connectivity index (χ3v) is 8.52. The highest BCUT2D eigenvalue weighted by atomic mass is 16.5. The second-order valence-corrected chi connectivity index (χ2v) is 14.6. The molecule has 0 heterocycles. The van der Waals surface area contributed by atoms with Crippen LogP contribution in [0.5, 0.6) is 0 Å². The molecule has 1 amide bonds. The van der Waals surface area contributed by atoms with Gasteiger partial charge < -0.3 is 33.7 Å². The fraction of sp³-hybridized carbons (Fsp3) is 0.900. The third kappa shape index (κ3) is 39.2. The maximum absolute atomic E-state index is 12.1. The first-order chi connectivity index (χ1) is 26.2. The van der Waals surface area contributed by atoms with Gasteiger partial charge in [0.25, 0.3) is 0 Å². The molecule has 0 saturated heterocycles. The Labute approximate surface area is 325 Å². The minimum atomic E-state index is -0.409. The van der Waals surface area contributed by atoms with Crippen molar-refractivity contribution in [1.29, 1.82) is 0 Å². The number of Topliss-reactive ketones (excluding diaryl/α,β-unsaturated/α-hetero) is 3. The summed E-state index contributed by atoms with van der Waals surface area (Å²) in [5.74, 6) is 0.101. The maximum Gasteiger partial charge on any atom is 0.246 e. The molecule has 0 radical (unpaired) electrons. The van der Waals surface area contributed by atoms with Crippen LogP contribution in [0.1, 0.15) is 136 Å². The lowest BCUT2D eigenvalue weighted by Crippen LogP contribution is -2.31. The van der Waals surface area contributed by atoms with Crippen LogP contribution in [0, 0.1) is 5.41 Å². The number of rotatable bonds is 42. The monoisotopic (exact) mass is 771 g/mol. The highest BCUT2D eigenvalue weighted by Crippen LogP contribution is 2.15. The Morgan fingerprint density at radius 3 is 1.46 bits per heavy atom. The summed E-state index contributed by atoms with van der Waals surface area (Å²) < 4.78 is 32.4. The summed E-state index contributed by atoms with van der Waals surface area (Å²) >= 11 is 0. The Balaban J connectivity index is 3.35. The van der Waals surface area contributed by atoms with Crippen LogP contribution in [0.15, 0.2) is 5.11 Å². The van der Waals surface area contributed by atoms with Crippen molar-refractivity contribution in [2.75, 3.05) is 92.4 Å². The Kier molecular flexibility index (Phi) is 37.0. The number of carbonyl (C=O) groups excluding carboxylic acids is 4. The van der Waals surface area contributed by atoms with Gasteiger partial charge in [0.05, 0.1) is 46.2 Å². The highest BCUT2D eigenvalue weighted by molar-refractivity contribution is 5.84. The van der Waals surface area contributed by atoms with Gasteiger partial charge in [-0.25, -0.2) is 0 Å². The first-order valence-corrected chi connectivity index (χ1v) is 20.5. The zero-order chi connectivity index (χ0) is 39.8. The normalized spacial score (nSPS) is 11.4. The molecule has 0 spiro atoms. The zero-order valence-corrected chi connectivity index (χ0v) is 34.1. The summed E-state index contributed by atoms with van der Waals surface area (Å²) in [7, 11) is 0. The molecule has 0 aromatic heterocycles. The van der Waals surface area contributed by atoms with E-state index < -0.39 is 5.41 Å². The van der Waals surface area contributed by atoms with Gasteiger partial charge in [0, 0.05) is 55.9 Å². The molecule has 0 fully saturated rings. The lowest BCUT2D eigenvalue weighted by Gasteiger charge is -2.16. The Morgan fingerprint density at radius 1 is 0.500 bits per heavy atom. The van der Waals surface area contributed by atoms with Crippen LogP contribution in [-0.2, 0) is 47.6 Å². The summed E-state index contributed by atoms with van der Waals surface area (Å²) in [6.07, 6.45) is 18.6. The predicted octanol–water partition coefficient (Wildman–Crippen LogP) is 7.29. The predicted molar refractivity (Wildman–Crippen MR) is 210 cm³/mol. The number of amides is 1. The average Bonchev–Trinajstić information content (AvgIpc) is 3.14. The van der Waals surface area contributed by atoms with E-state index in [1.54, 1.807) is 0 Å². The van der Waals surface area contributed by atoms with Crippen molar-refractivity contribution >= 4 is 23.3 Å². The molecule has 0 aliphatic carbocycles. The summed E-state index contributed by atoms with van der Waals surface area (Å²) in [4.78, 5) is 50.4. The van der Waals surface area contributed by atoms with Crippen molar-refractivity contribution in [3.63, 3.8) is 0 Å². The molecular weight excluding hydrogens is 696 g/mol. The number of nitrogens with zero attached hydrogens (tertiary/aromatic N) is 3. The summed E-state index contributed by atoms with van der Waals surface area (Å²) in [6.45, 7) is 9.83. The molecule has 0 aromatic rings. The largest absolute Gasteiger partial charge is 0.379 e. The van der Waals surface area contributed by atoms with Gasteiger partial charge in [-0.05, 0) is 31.2 Å². The highest BCUT2D eigenvalue weighted by Gasteiger charge is 2.20. The number of azide groups is 1. The van der Waals surface area contributed by atoms with Crippen LogP contribution in [0.3, 0.4) is 0 Å². The van der Waals surface area contributed by atoms with E-state index in [9.17, 15) is 19.2 Å². The topological polar surface area (TPSA) is 184 Å². The van der Waals surface area contributed by atoms with E-state index in [2.05, 4.69) is 15.3 Å². The quantitative estimate of drug-likeness (QED) is 0.0286. The van der Waals surface area contributed by atoms with E-state index in [0.29, 0.717) is 104 Å². The van der Waals surface area contributed by atoms with Crippen molar-refractivity contribution in [2.24, 2.45) is 10.5 Å². The molecular formula is C40H74N4O10. The minimum absolute atomic E-state index is 0.0106. The Bertz CT molecular complexity index is 986. The zero-order valence-electron chi connectivity index (χ0n) is 34.1. The second kappa shape index (κ2) is 38.8. The number of hydrogen-bond acceptors (Lipinski definition) is 11. The van der Waals surface area contributed by atoms with Gasteiger partial charge in [0.2, 0.25) is 5.91 Å². The number of nitrogens with one attached hydrogen (secondary N) is 1. The van der Waals surface area contributed by atoms with Crippen LogP contribution < -0.4 is 5.32 Å². The standard InChI is InChI=1S/C40H74N4O10/c1-40(2,3)38(47)34-53-31-27-50-25-18-21-37(46)33-52-30-29-51-26-23-42-39(48)35-54-32-28-49-24-17-20-36(45)19-15-13-11-9-7-5-4-6-8-10-12-14-16-22-43-44-41/h4-35H2,1-3H3,(H,42,48). The Hall–Kier alpha value is -2.45. The fourth-order valence-corrected chi connectivity index (χ4v) is 5.14. The average molecular weight is 771 g/mol. The molecule has 314 valence electrons. The summed E-state index contributed by atoms with van der Waals surface area (Å²) in [5, 5.41) is 6.28. The van der Waals surface area contributed by atoms with Crippen LogP contribution in [0.4, 0.5) is 0 Å². The molecule has 0 saturated carbocycles. The van der Waals surface area contributed by atoms with Crippen LogP contribution in [-0.4, -0.2) is 116 Å². The summed E-state index contributed by atoms with van der Waals surface area (Å²) in [6, 6.07) is 0. The number of unbranched alkanes of at least 4 members (excludes halogenated alkanes) is 12. The van der Waals surface area contributed by atoms with Gasteiger partial charge in [-0.2, -0.15) is 0 Å². The van der Waals surface area contributed by atoms with Gasteiger partial charge in [-0.1, -0.05) is 96.5 Å². The van der Waals surface area contributed by atoms with Crippen LogP contribution >= 0.6 is 0 Å². The van der Waals surface area contributed by atoms with E-state index in [1.807, 2.05) is 20.8 Å². The Morgan fingerprint density at radius 2 is 0.926 bits per heavy atom. The van der Waals surface area contributed by atoms with Gasteiger partial charge >= 0.3 is 0 Å². The van der Waals surface area contributed by atoms with Gasteiger partial charge in [0.15, 0.2) is 11.6 Å². The molecule has 0 rings (SSSR count). The smallest absolute Gasteiger partial charge is 0.246 e. The van der Waals surface area contributed by atoms with E-state index in [4.69, 9.17) is 34.0 Å².